The van der Waals surface area contributed by atoms with Crippen molar-refractivity contribution in [3.8, 4) is 0 Å². The third kappa shape index (κ3) is 2.11. The number of benzene rings is 1. The van der Waals surface area contributed by atoms with Crippen LogP contribution in [0.3, 0.4) is 0 Å². The molecule has 2 fully saturated rings. The number of carbonyl (C=O) groups is 2. The van der Waals surface area contributed by atoms with E-state index in [4.69, 9.17) is 0 Å². The lowest BCUT2D eigenvalue weighted by atomic mass is 9.81. The smallest absolute Gasteiger partial charge is 0.311 e. The highest BCUT2D eigenvalue weighted by Crippen LogP contribution is 2.49. The Labute approximate surface area is 128 Å². The van der Waals surface area contributed by atoms with Crippen LogP contribution in [-0.4, -0.2) is 35.0 Å². The second-order valence-corrected chi connectivity index (χ2v) is 6.66. The van der Waals surface area contributed by atoms with Crippen molar-refractivity contribution >= 4 is 11.9 Å². The third-order valence-electron chi connectivity index (χ3n) is 5.27. The molecule has 0 bridgehead atoms. The number of likely N-dealkylation sites (tertiary alicyclic amines) is 1. The van der Waals surface area contributed by atoms with Crippen LogP contribution in [0.1, 0.15) is 40.7 Å². The summed E-state index contributed by atoms with van der Waals surface area (Å²) in [5, 5.41) is 9.58. The van der Waals surface area contributed by atoms with Gasteiger partial charge >= 0.3 is 5.97 Å². The minimum absolute atomic E-state index is 0.0385. The zero-order valence-electron chi connectivity index (χ0n) is 12.9. The first-order chi connectivity index (χ1) is 10.3. The second kappa shape index (κ2) is 5.07. The van der Waals surface area contributed by atoms with Crippen molar-refractivity contribution in [1.82, 2.24) is 4.90 Å². The van der Waals surface area contributed by atoms with E-state index in [2.05, 4.69) is 0 Å². The standard InChI is InChI=1S/C17H20FNO3/c1-10-6-12(7-11(2)14(10)18)15(20)19-8-13-4-3-5-17(13,9-19)16(21)22/h6-7,13H,3-5,8-9H2,1-2H3,(H,21,22)/t13-,17+/m0/s1. The quantitative estimate of drug-likeness (QED) is 0.914. The molecular formula is C17H20FNO3. The number of hydrogen-bond donors (Lipinski definition) is 1. The number of aliphatic carboxylic acids is 1. The monoisotopic (exact) mass is 305 g/mol. The highest BCUT2D eigenvalue weighted by atomic mass is 19.1. The van der Waals surface area contributed by atoms with Gasteiger partial charge < -0.3 is 10.0 Å². The maximum Gasteiger partial charge on any atom is 0.311 e. The fourth-order valence-electron chi connectivity index (χ4n) is 4.05. The van der Waals surface area contributed by atoms with Crippen LogP contribution in [0.5, 0.6) is 0 Å². The number of nitrogens with zero attached hydrogens (tertiary/aromatic N) is 1. The number of rotatable bonds is 2. The Bertz CT molecular complexity index is 634. The maximum absolute atomic E-state index is 13.7. The molecule has 1 saturated heterocycles. The molecule has 1 heterocycles. The van der Waals surface area contributed by atoms with Crippen molar-refractivity contribution in [3.63, 3.8) is 0 Å². The third-order valence-corrected chi connectivity index (χ3v) is 5.27. The van der Waals surface area contributed by atoms with Crippen molar-refractivity contribution in [3.05, 3.63) is 34.6 Å². The van der Waals surface area contributed by atoms with E-state index in [9.17, 15) is 19.1 Å². The molecule has 0 spiro atoms. The molecule has 1 aliphatic heterocycles. The van der Waals surface area contributed by atoms with Crippen molar-refractivity contribution in [2.24, 2.45) is 11.3 Å². The van der Waals surface area contributed by atoms with E-state index in [1.807, 2.05) is 0 Å². The van der Waals surface area contributed by atoms with Gasteiger partial charge in [0.25, 0.3) is 5.91 Å². The summed E-state index contributed by atoms with van der Waals surface area (Å²) in [4.78, 5) is 26.0. The van der Waals surface area contributed by atoms with Gasteiger partial charge in [-0.15, -0.1) is 0 Å². The Hall–Kier alpha value is -1.91. The van der Waals surface area contributed by atoms with Crippen molar-refractivity contribution in [2.45, 2.75) is 33.1 Å². The van der Waals surface area contributed by atoms with Crippen LogP contribution < -0.4 is 0 Å². The van der Waals surface area contributed by atoms with Gasteiger partial charge in [-0.05, 0) is 55.9 Å². The molecule has 1 N–H and O–H groups in total. The van der Waals surface area contributed by atoms with Crippen molar-refractivity contribution < 1.29 is 19.1 Å². The molecule has 0 unspecified atom stereocenters. The molecule has 0 radical (unpaired) electrons. The molecule has 22 heavy (non-hydrogen) atoms. The Morgan fingerprint density at radius 3 is 2.50 bits per heavy atom. The number of aryl methyl sites for hydroxylation is 2. The van der Waals surface area contributed by atoms with Gasteiger partial charge in [0.05, 0.1) is 5.41 Å². The van der Waals surface area contributed by atoms with E-state index in [1.165, 1.54) is 0 Å². The number of carbonyl (C=O) groups excluding carboxylic acids is 1. The van der Waals surface area contributed by atoms with E-state index in [0.717, 1.165) is 12.8 Å². The molecule has 118 valence electrons. The van der Waals surface area contributed by atoms with E-state index in [0.29, 0.717) is 29.7 Å². The van der Waals surface area contributed by atoms with Crippen LogP contribution in [0.25, 0.3) is 0 Å². The van der Waals surface area contributed by atoms with E-state index >= 15 is 0 Å². The number of carboxylic acids is 1. The van der Waals surface area contributed by atoms with Gasteiger partial charge in [-0.1, -0.05) is 6.42 Å². The molecule has 1 aromatic carbocycles. The topological polar surface area (TPSA) is 57.6 Å². The summed E-state index contributed by atoms with van der Waals surface area (Å²) in [5.74, 6) is -1.24. The molecular weight excluding hydrogens is 285 g/mol. The number of hydrogen-bond acceptors (Lipinski definition) is 2. The SMILES string of the molecule is Cc1cc(C(=O)N2C[C@@H]3CCC[C@@]3(C(=O)O)C2)cc(C)c1F. The molecule has 1 aliphatic carbocycles. The Kier molecular flexibility index (Phi) is 3.46. The second-order valence-electron chi connectivity index (χ2n) is 6.66. The predicted molar refractivity (Wildman–Crippen MR) is 79.2 cm³/mol. The fraction of sp³-hybridized carbons (Fsp3) is 0.529. The number of halogens is 1. The fourth-order valence-corrected chi connectivity index (χ4v) is 4.05. The normalized spacial score (nSPS) is 27.0. The average molecular weight is 305 g/mol. The molecule has 5 heteroatoms. The molecule has 2 atom stereocenters. The van der Waals surface area contributed by atoms with Gasteiger partial charge in [-0.3, -0.25) is 9.59 Å². The maximum atomic E-state index is 13.7. The summed E-state index contributed by atoms with van der Waals surface area (Å²) >= 11 is 0. The Morgan fingerprint density at radius 1 is 1.32 bits per heavy atom. The first-order valence-electron chi connectivity index (χ1n) is 7.64. The molecule has 4 nitrogen and oxygen atoms in total. The van der Waals surface area contributed by atoms with E-state index in [-0.39, 0.29) is 24.2 Å². The largest absolute Gasteiger partial charge is 0.481 e. The van der Waals surface area contributed by atoms with Gasteiger partial charge in [0.15, 0.2) is 0 Å². The molecule has 1 saturated carbocycles. The van der Waals surface area contributed by atoms with Crippen molar-refractivity contribution in [2.75, 3.05) is 13.1 Å². The number of amides is 1. The van der Waals surface area contributed by atoms with Gasteiger partial charge in [-0.2, -0.15) is 0 Å². The van der Waals surface area contributed by atoms with Crippen LogP contribution in [-0.2, 0) is 4.79 Å². The van der Waals surface area contributed by atoms with Crippen LogP contribution >= 0.6 is 0 Å². The summed E-state index contributed by atoms with van der Waals surface area (Å²) in [6.45, 7) is 4.02. The highest BCUT2D eigenvalue weighted by molar-refractivity contribution is 5.95. The lowest BCUT2D eigenvalue weighted by Gasteiger charge is -2.23. The summed E-state index contributed by atoms with van der Waals surface area (Å²) < 4.78 is 13.7. The molecule has 3 rings (SSSR count). The number of carboxylic acid groups (broad SMARTS) is 1. The van der Waals surface area contributed by atoms with Gasteiger partial charge in [-0.25, -0.2) is 4.39 Å². The van der Waals surface area contributed by atoms with Crippen LogP contribution in [0.4, 0.5) is 4.39 Å². The zero-order valence-corrected chi connectivity index (χ0v) is 12.9. The molecule has 1 amide bonds. The van der Waals surface area contributed by atoms with E-state index in [1.54, 1.807) is 30.9 Å². The van der Waals surface area contributed by atoms with Gasteiger partial charge in [0.1, 0.15) is 5.82 Å². The summed E-state index contributed by atoms with van der Waals surface area (Å²) in [7, 11) is 0. The minimum atomic E-state index is -0.795. The highest BCUT2D eigenvalue weighted by Gasteiger charge is 2.55. The molecule has 1 aromatic rings. The Balaban J connectivity index is 1.87. The lowest BCUT2D eigenvalue weighted by Crippen LogP contribution is -2.37. The van der Waals surface area contributed by atoms with Crippen LogP contribution in [0.2, 0.25) is 0 Å². The summed E-state index contributed by atoms with van der Waals surface area (Å²) in [6, 6.07) is 3.10. The Morgan fingerprint density at radius 2 is 1.95 bits per heavy atom. The van der Waals surface area contributed by atoms with Crippen molar-refractivity contribution in [1.29, 1.82) is 0 Å². The minimum Gasteiger partial charge on any atom is -0.481 e. The zero-order chi connectivity index (χ0) is 16.1. The molecule has 2 aliphatic rings. The molecule has 0 aromatic heterocycles. The lowest BCUT2D eigenvalue weighted by molar-refractivity contribution is -0.149. The van der Waals surface area contributed by atoms with Gasteiger partial charge in [0, 0.05) is 18.7 Å². The van der Waals surface area contributed by atoms with E-state index < -0.39 is 11.4 Å². The predicted octanol–water partition coefficient (Wildman–Crippen LogP) is 2.77. The average Bonchev–Trinajstić information content (AvgIpc) is 3.01. The number of fused-ring (bicyclic) bond motifs is 1. The summed E-state index contributed by atoms with van der Waals surface area (Å²) in [5.41, 5.74) is 0.544. The van der Waals surface area contributed by atoms with Crippen LogP contribution in [0.15, 0.2) is 12.1 Å². The first-order valence-corrected chi connectivity index (χ1v) is 7.64. The van der Waals surface area contributed by atoms with Crippen LogP contribution in [0, 0.1) is 31.0 Å². The summed E-state index contributed by atoms with van der Waals surface area (Å²) in [6.07, 6.45) is 2.41. The van der Waals surface area contributed by atoms with Gasteiger partial charge in [0.2, 0.25) is 0 Å². The first kappa shape index (κ1) is 15.0.